The molecule has 0 atom stereocenters. The van der Waals surface area contributed by atoms with E-state index < -0.39 is 12.2 Å². The van der Waals surface area contributed by atoms with E-state index in [-0.39, 0.29) is 36.5 Å². The highest BCUT2D eigenvalue weighted by molar-refractivity contribution is 5.84. The van der Waals surface area contributed by atoms with Crippen LogP contribution in [0.25, 0.3) is 16.9 Å². The van der Waals surface area contributed by atoms with Gasteiger partial charge >= 0.3 is 0 Å². The molecule has 4 heterocycles. The van der Waals surface area contributed by atoms with Crippen molar-refractivity contribution in [3.8, 4) is 5.82 Å². The van der Waals surface area contributed by atoms with Gasteiger partial charge in [-0.1, -0.05) is 12.1 Å². The van der Waals surface area contributed by atoms with Crippen LogP contribution in [-0.2, 0) is 14.3 Å². The van der Waals surface area contributed by atoms with Gasteiger partial charge in [-0.15, -0.1) is 0 Å². The van der Waals surface area contributed by atoms with Crippen molar-refractivity contribution < 1.29 is 23.1 Å². The van der Waals surface area contributed by atoms with E-state index in [1.807, 2.05) is 11.8 Å². The molecule has 0 aliphatic carbocycles. The molecule has 39 heavy (non-hydrogen) atoms. The summed E-state index contributed by atoms with van der Waals surface area (Å²) in [5.41, 5.74) is 0.972. The molecule has 1 N–H and O–H groups in total. The van der Waals surface area contributed by atoms with Crippen LogP contribution in [0.4, 0.5) is 20.5 Å². The van der Waals surface area contributed by atoms with Crippen molar-refractivity contribution in [3.05, 3.63) is 36.2 Å². The van der Waals surface area contributed by atoms with Crippen molar-refractivity contribution in [1.82, 2.24) is 29.3 Å². The van der Waals surface area contributed by atoms with E-state index in [4.69, 9.17) is 4.74 Å². The molecule has 2 aliphatic rings. The lowest BCUT2D eigenvalue weighted by Gasteiger charge is -2.40. The summed E-state index contributed by atoms with van der Waals surface area (Å²) in [6.45, 7) is 5.59. The number of carbonyl (C=O) groups excluding carboxylic acids is 2. The molecule has 2 saturated heterocycles. The van der Waals surface area contributed by atoms with Crippen molar-refractivity contribution in [2.75, 3.05) is 63.2 Å². The van der Waals surface area contributed by atoms with Crippen LogP contribution in [0.2, 0.25) is 0 Å². The third-order valence-electron chi connectivity index (χ3n) is 7.04. The highest BCUT2D eigenvalue weighted by Crippen LogP contribution is 2.29. The Balaban J connectivity index is 1.36. The molecule has 0 unspecified atom stereocenters. The van der Waals surface area contributed by atoms with Crippen molar-refractivity contribution >= 4 is 34.6 Å². The number of hydrogen-bond acceptors (Lipinski definition) is 8. The number of rotatable bonds is 9. The number of ether oxygens (including phenoxy) is 1. The smallest absolute Gasteiger partial charge is 0.296 e. The van der Waals surface area contributed by atoms with Gasteiger partial charge < -0.3 is 24.8 Å². The van der Waals surface area contributed by atoms with Crippen LogP contribution in [0.1, 0.15) is 32.0 Å². The number of likely N-dealkylation sites (tertiary alicyclic amines) is 1. The van der Waals surface area contributed by atoms with Gasteiger partial charge in [0.1, 0.15) is 11.6 Å². The fourth-order valence-corrected chi connectivity index (χ4v) is 4.67. The summed E-state index contributed by atoms with van der Waals surface area (Å²) in [6.07, 6.45) is -2.45. The first-order valence-corrected chi connectivity index (χ1v) is 13.1. The highest BCUT2D eigenvalue weighted by Gasteiger charge is 2.31. The molecule has 2 aromatic heterocycles. The topological polar surface area (TPSA) is 109 Å². The molecule has 2 fully saturated rings. The van der Waals surface area contributed by atoms with Crippen LogP contribution in [-0.4, -0.2) is 100 Å². The Bertz CT molecular complexity index is 1340. The first-order valence-electron chi connectivity index (χ1n) is 13.1. The van der Waals surface area contributed by atoms with Crippen LogP contribution >= 0.6 is 0 Å². The molecular weight excluding hydrogens is 510 g/mol. The molecule has 13 heteroatoms. The molecule has 0 saturated carbocycles. The number of nitrogens with one attached hydrogen (secondary N) is 1. The Labute approximate surface area is 224 Å². The van der Waals surface area contributed by atoms with Gasteiger partial charge in [0.25, 0.3) is 6.43 Å². The monoisotopic (exact) mass is 542 g/mol. The average molecular weight is 543 g/mol. The summed E-state index contributed by atoms with van der Waals surface area (Å²) in [5.74, 6) is 0.634. The van der Waals surface area contributed by atoms with Crippen molar-refractivity contribution in [1.29, 1.82) is 0 Å². The van der Waals surface area contributed by atoms with E-state index in [2.05, 4.69) is 20.3 Å². The highest BCUT2D eigenvalue weighted by atomic mass is 19.3. The van der Waals surface area contributed by atoms with E-state index in [0.717, 1.165) is 0 Å². The lowest BCUT2D eigenvalue weighted by Crippen LogP contribution is -2.57. The molecule has 0 radical (unpaired) electrons. The summed E-state index contributed by atoms with van der Waals surface area (Å²) in [5, 5.41) is 3.33. The Morgan fingerprint density at radius 3 is 2.59 bits per heavy atom. The first-order chi connectivity index (χ1) is 18.8. The number of alkyl halides is 2. The summed E-state index contributed by atoms with van der Waals surface area (Å²) in [7, 11) is 1.72. The Kier molecular flexibility index (Phi) is 7.87. The number of hydrogen-bond donors (Lipinski definition) is 1. The van der Waals surface area contributed by atoms with Gasteiger partial charge in [-0.25, -0.2) is 13.8 Å². The number of fused-ring (bicyclic) bond motifs is 1. The number of aromatic nitrogens is 4. The van der Waals surface area contributed by atoms with Gasteiger partial charge in [0, 0.05) is 58.7 Å². The number of carbonyl (C=O) groups is 2. The van der Waals surface area contributed by atoms with Gasteiger partial charge in [0.15, 0.2) is 5.82 Å². The van der Waals surface area contributed by atoms with Gasteiger partial charge in [-0.2, -0.15) is 9.97 Å². The van der Waals surface area contributed by atoms with E-state index in [1.54, 1.807) is 47.2 Å². The van der Waals surface area contributed by atoms with E-state index in [0.29, 0.717) is 68.7 Å². The summed E-state index contributed by atoms with van der Waals surface area (Å²) < 4.78 is 34.9. The minimum absolute atomic E-state index is 0.0552. The maximum atomic E-state index is 14.0. The van der Waals surface area contributed by atoms with Gasteiger partial charge in [-0.3, -0.25) is 14.2 Å². The summed E-state index contributed by atoms with van der Waals surface area (Å²) in [6, 6.07) is 8.51. The molecule has 2 amide bonds. The first kappa shape index (κ1) is 26.7. The zero-order chi connectivity index (χ0) is 27.5. The predicted octanol–water partition coefficient (Wildman–Crippen LogP) is 2.47. The summed E-state index contributed by atoms with van der Waals surface area (Å²) >= 11 is 0. The second-order valence-corrected chi connectivity index (χ2v) is 9.65. The number of halogens is 2. The molecule has 2 aliphatic heterocycles. The standard InChI is InChI=1S/C26H32F2N8O3/c1-3-33(2)22(37)8-9-23(38)35-15-17(16-35)29-20-14-21(32-26(31-20)34-10-12-39-13-11-34)36-19-7-5-4-6-18(19)30-25(36)24(27)28/h4-7,14,17,24H,3,8-13,15-16H2,1-2H3,(H,29,31,32). The maximum absolute atomic E-state index is 14.0. The number of benzene rings is 1. The minimum atomic E-state index is -2.80. The molecule has 11 nitrogen and oxygen atoms in total. The fourth-order valence-electron chi connectivity index (χ4n) is 4.67. The second kappa shape index (κ2) is 11.5. The Hall–Kier alpha value is -3.87. The molecule has 3 aromatic rings. The SMILES string of the molecule is CCN(C)C(=O)CCC(=O)N1CC(Nc2cc(-n3c(C(F)F)nc4ccccc43)nc(N3CCOCC3)n2)C1. The fraction of sp³-hybridized carbons (Fsp3) is 0.500. The number of imidazole rings is 1. The predicted molar refractivity (Wildman–Crippen MR) is 141 cm³/mol. The van der Waals surface area contributed by atoms with Crippen molar-refractivity contribution in [3.63, 3.8) is 0 Å². The van der Waals surface area contributed by atoms with Crippen LogP contribution in [0.5, 0.6) is 0 Å². The average Bonchev–Trinajstić information content (AvgIpc) is 3.33. The number of para-hydroxylation sites is 2. The van der Waals surface area contributed by atoms with Crippen molar-refractivity contribution in [2.24, 2.45) is 0 Å². The van der Waals surface area contributed by atoms with Crippen LogP contribution in [0.3, 0.4) is 0 Å². The minimum Gasteiger partial charge on any atom is -0.378 e. The third-order valence-corrected chi connectivity index (χ3v) is 7.04. The third kappa shape index (κ3) is 5.77. The van der Waals surface area contributed by atoms with Gasteiger partial charge in [0.05, 0.1) is 30.3 Å². The number of anilines is 2. The largest absolute Gasteiger partial charge is 0.378 e. The maximum Gasteiger partial charge on any atom is 0.296 e. The van der Waals surface area contributed by atoms with Gasteiger partial charge in [-0.05, 0) is 19.1 Å². The molecule has 1 aromatic carbocycles. The van der Waals surface area contributed by atoms with E-state index in [1.165, 1.54) is 4.57 Å². The van der Waals surface area contributed by atoms with Crippen molar-refractivity contribution in [2.45, 2.75) is 32.2 Å². The summed E-state index contributed by atoms with van der Waals surface area (Å²) in [4.78, 5) is 43.3. The molecule has 0 spiro atoms. The number of amides is 2. The Morgan fingerprint density at radius 2 is 1.87 bits per heavy atom. The number of morpholine rings is 1. The van der Waals surface area contributed by atoms with Gasteiger partial charge in [0.2, 0.25) is 17.8 Å². The zero-order valence-corrected chi connectivity index (χ0v) is 22.0. The Morgan fingerprint density at radius 1 is 1.13 bits per heavy atom. The van der Waals surface area contributed by atoms with Crippen LogP contribution in [0, 0.1) is 0 Å². The molecule has 0 bridgehead atoms. The molecule has 208 valence electrons. The van der Waals surface area contributed by atoms with E-state index in [9.17, 15) is 18.4 Å². The van der Waals surface area contributed by atoms with Crippen LogP contribution in [0.15, 0.2) is 30.3 Å². The van der Waals surface area contributed by atoms with E-state index >= 15 is 0 Å². The lowest BCUT2D eigenvalue weighted by molar-refractivity contribution is -0.138. The molecular formula is C26H32F2N8O3. The zero-order valence-electron chi connectivity index (χ0n) is 22.0. The second-order valence-electron chi connectivity index (χ2n) is 9.65. The normalized spacial score (nSPS) is 16.0. The van der Waals surface area contributed by atoms with Crippen LogP contribution < -0.4 is 10.2 Å². The number of nitrogens with zero attached hydrogens (tertiary/aromatic N) is 7. The lowest BCUT2D eigenvalue weighted by atomic mass is 10.1. The molecule has 5 rings (SSSR count). The quantitative estimate of drug-likeness (QED) is 0.440.